The maximum absolute atomic E-state index is 13.6. The molecule has 0 aliphatic rings. The summed E-state index contributed by atoms with van der Waals surface area (Å²) in [5.74, 6) is -0.766. The van der Waals surface area contributed by atoms with Crippen molar-refractivity contribution in [3.8, 4) is 0 Å². The topological polar surface area (TPSA) is 44.1 Å². The SMILES string of the molecule is CCOC(=O)c1cc2cc(F)ccc2n1Cc1nccc2ccccc12. The highest BCUT2D eigenvalue weighted by Crippen LogP contribution is 2.25. The van der Waals surface area contributed by atoms with Crippen molar-refractivity contribution >= 4 is 27.6 Å². The Morgan fingerprint density at radius 3 is 2.81 bits per heavy atom. The Morgan fingerprint density at radius 1 is 1.12 bits per heavy atom. The Balaban J connectivity index is 1.89. The van der Waals surface area contributed by atoms with Crippen LogP contribution in [-0.2, 0) is 11.3 Å². The van der Waals surface area contributed by atoms with Gasteiger partial charge >= 0.3 is 5.97 Å². The number of halogens is 1. The predicted octanol–water partition coefficient (Wildman–Crippen LogP) is 4.55. The number of aromatic nitrogens is 2. The predicted molar refractivity (Wildman–Crippen MR) is 98.7 cm³/mol. The molecule has 2 aromatic heterocycles. The van der Waals surface area contributed by atoms with E-state index in [1.54, 1.807) is 25.3 Å². The van der Waals surface area contributed by atoms with Crippen molar-refractivity contribution in [2.75, 3.05) is 6.61 Å². The number of benzene rings is 2. The second-order valence-electron chi connectivity index (χ2n) is 6.02. The average Bonchev–Trinajstić information content (AvgIpc) is 3.00. The van der Waals surface area contributed by atoms with E-state index in [0.717, 1.165) is 22.0 Å². The summed E-state index contributed by atoms with van der Waals surface area (Å²) >= 11 is 0. The molecule has 0 spiro atoms. The lowest BCUT2D eigenvalue weighted by molar-refractivity contribution is 0.0515. The van der Waals surface area contributed by atoms with Crippen LogP contribution >= 0.6 is 0 Å². The molecule has 5 heteroatoms. The van der Waals surface area contributed by atoms with Crippen LogP contribution in [0.25, 0.3) is 21.7 Å². The van der Waals surface area contributed by atoms with Crippen LogP contribution < -0.4 is 0 Å². The molecule has 0 atom stereocenters. The summed E-state index contributed by atoms with van der Waals surface area (Å²) in [5, 5.41) is 2.76. The second-order valence-corrected chi connectivity index (χ2v) is 6.02. The number of fused-ring (bicyclic) bond motifs is 2. The number of carbonyl (C=O) groups excluding carboxylic acids is 1. The number of esters is 1. The van der Waals surface area contributed by atoms with Crippen molar-refractivity contribution in [2.45, 2.75) is 13.5 Å². The zero-order chi connectivity index (χ0) is 18.1. The number of hydrogen-bond donors (Lipinski definition) is 0. The third-order valence-electron chi connectivity index (χ3n) is 4.41. The summed E-state index contributed by atoms with van der Waals surface area (Å²) < 4.78 is 20.6. The van der Waals surface area contributed by atoms with Gasteiger partial charge in [0.15, 0.2) is 0 Å². The standard InChI is InChI=1S/C21H17FN2O2/c1-2-26-21(25)20-12-15-11-16(22)7-8-19(15)24(20)13-18-17-6-4-3-5-14(17)9-10-23-18/h3-12H,2,13H2,1H3. The van der Waals surface area contributed by atoms with Gasteiger partial charge in [-0.05, 0) is 42.6 Å². The molecule has 2 heterocycles. The molecule has 0 bridgehead atoms. The van der Waals surface area contributed by atoms with Crippen molar-refractivity contribution in [3.05, 3.63) is 78.0 Å². The van der Waals surface area contributed by atoms with Gasteiger partial charge in [0.2, 0.25) is 0 Å². The summed E-state index contributed by atoms with van der Waals surface area (Å²) in [6.45, 7) is 2.43. The largest absolute Gasteiger partial charge is 0.461 e. The monoisotopic (exact) mass is 348 g/mol. The highest BCUT2D eigenvalue weighted by Gasteiger charge is 2.18. The summed E-state index contributed by atoms with van der Waals surface area (Å²) in [7, 11) is 0. The third kappa shape index (κ3) is 2.81. The Kier molecular flexibility index (Phi) is 4.13. The number of pyridine rings is 1. The fraction of sp³-hybridized carbons (Fsp3) is 0.143. The molecule has 0 N–H and O–H groups in total. The Morgan fingerprint density at radius 2 is 1.96 bits per heavy atom. The number of rotatable bonds is 4. The molecule has 26 heavy (non-hydrogen) atoms. The second kappa shape index (κ2) is 6.59. The smallest absolute Gasteiger partial charge is 0.354 e. The molecule has 4 nitrogen and oxygen atoms in total. The van der Waals surface area contributed by atoms with E-state index < -0.39 is 5.97 Å². The number of carbonyl (C=O) groups is 1. The quantitative estimate of drug-likeness (QED) is 0.508. The van der Waals surface area contributed by atoms with E-state index >= 15 is 0 Å². The maximum Gasteiger partial charge on any atom is 0.354 e. The van der Waals surface area contributed by atoms with Crippen molar-refractivity contribution in [3.63, 3.8) is 0 Å². The van der Waals surface area contributed by atoms with E-state index in [9.17, 15) is 9.18 Å². The Labute approximate surface area is 149 Å². The summed E-state index contributed by atoms with van der Waals surface area (Å²) in [6.07, 6.45) is 1.76. The van der Waals surface area contributed by atoms with Gasteiger partial charge in [-0.3, -0.25) is 4.98 Å². The van der Waals surface area contributed by atoms with E-state index in [1.165, 1.54) is 12.1 Å². The Bertz CT molecular complexity index is 1110. The fourth-order valence-corrected chi connectivity index (χ4v) is 3.24. The molecule has 4 aromatic rings. The fourth-order valence-electron chi connectivity index (χ4n) is 3.24. The first kappa shape index (κ1) is 16.3. The molecule has 0 saturated heterocycles. The molecule has 0 unspecified atom stereocenters. The van der Waals surface area contributed by atoms with E-state index in [4.69, 9.17) is 4.74 Å². The van der Waals surface area contributed by atoms with Gasteiger partial charge in [-0.2, -0.15) is 0 Å². The van der Waals surface area contributed by atoms with E-state index in [0.29, 0.717) is 17.6 Å². The highest BCUT2D eigenvalue weighted by atomic mass is 19.1. The lowest BCUT2D eigenvalue weighted by Crippen LogP contribution is -2.13. The van der Waals surface area contributed by atoms with Crippen LogP contribution in [0.4, 0.5) is 4.39 Å². The number of hydrogen-bond acceptors (Lipinski definition) is 3. The average molecular weight is 348 g/mol. The molecule has 0 saturated carbocycles. The highest BCUT2D eigenvalue weighted by molar-refractivity contribution is 5.96. The number of ether oxygens (including phenoxy) is 1. The minimum Gasteiger partial charge on any atom is -0.461 e. The molecule has 2 aromatic carbocycles. The Hall–Kier alpha value is -3.21. The van der Waals surface area contributed by atoms with E-state index in [-0.39, 0.29) is 12.4 Å². The van der Waals surface area contributed by atoms with Gasteiger partial charge in [0.1, 0.15) is 11.5 Å². The number of nitrogens with zero attached hydrogens (tertiary/aromatic N) is 2. The minimum absolute atomic E-state index is 0.279. The summed E-state index contributed by atoms with van der Waals surface area (Å²) in [4.78, 5) is 16.9. The molecule has 0 fully saturated rings. The van der Waals surface area contributed by atoms with Crippen LogP contribution in [0.1, 0.15) is 23.1 Å². The summed E-state index contributed by atoms with van der Waals surface area (Å²) in [6, 6.07) is 16.1. The van der Waals surface area contributed by atoms with Gasteiger partial charge in [-0.1, -0.05) is 24.3 Å². The zero-order valence-corrected chi connectivity index (χ0v) is 14.3. The first-order valence-electron chi connectivity index (χ1n) is 8.46. The van der Waals surface area contributed by atoms with Gasteiger partial charge < -0.3 is 9.30 Å². The lowest BCUT2D eigenvalue weighted by atomic mass is 10.1. The van der Waals surface area contributed by atoms with Crippen molar-refractivity contribution in [1.29, 1.82) is 0 Å². The molecule has 0 amide bonds. The van der Waals surface area contributed by atoms with Gasteiger partial charge in [0.05, 0.1) is 18.8 Å². The van der Waals surface area contributed by atoms with E-state index in [1.807, 2.05) is 34.9 Å². The molecular weight excluding hydrogens is 331 g/mol. The van der Waals surface area contributed by atoms with E-state index in [2.05, 4.69) is 4.98 Å². The molecule has 0 radical (unpaired) electrons. The van der Waals surface area contributed by atoms with Crippen LogP contribution in [0.5, 0.6) is 0 Å². The first-order chi connectivity index (χ1) is 12.7. The normalized spacial score (nSPS) is 11.2. The lowest BCUT2D eigenvalue weighted by Gasteiger charge is -2.11. The molecule has 0 aliphatic heterocycles. The molecule has 130 valence electrons. The van der Waals surface area contributed by atoms with Gasteiger partial charge in [-0.15, -0.1) is 0 Å². The molecular formula is C21H17FN2O2. The van der Waals surface area contributed by atoms with Crippen molar-refractivity contribution in [2.24, 2.45) is 0 Å². The van der Waals surface area contributed by atoms with Crippen LogP contribution in [0.2, 0.25) is 0 Å². The van der Waals surface area contributed by atoms with Gasteiger partial charge in [0.25, 0.3) is 0 Å². The van der Waals surface area contributed by atoms with Crippen LogP contribution in [-0.4, -0.2) is 22.1 Å². The first-order valence-corrected chi connectivity index (χ1v) is 8.46. The van der Waals surface area contributed by atoms with Crippen LogP contribution in [0.15, 0.2) is 60.8 Å². The van der Waals surface area contributed by atoms with Crippen molar-refractivity contribution < 1.29 is 13.9 Å². The zero-order valence-electron chi connectivity index (χ0n) is 14.3. The third-order valence-corrected chi connectivity index (χ3v) is 4.41. The summed E-state index contributed by atoms with van der Waals surface area (Å²) in [5.41, 5.74) is 2.00. The molecule has 0 aliphatic carbocycles. The minimum atomic E-state index is -0.427. The molecule has 4 rings (SSSR count). The van der Waals surface area contributed by atoms with Gasteiger partial charge in [0, 0.05) is 22.5 Å². The van der Waals surface area contributed by atoms with Gasteiger partial charge in [-0.25, -0.2) is 9.18 Å². The van der Waals surface area contributed by atoms with Crippen LogP contribution in [0, 0.1) is 5.82 Å². The van der Waals surface area contributed by atoms with Crippen LogP contribution in [0.3, 0.4) is 0 Å². The van der Waals surface area contributed by atoms with Crippen molar-refractivity contribution in [1.82, 2.24) is 9.55 Å². The maximum atomic E-state index is 13.6.